The summed E-state index contributed by atoms with van der Waals surface area (Å²) in [7, 11) is -3.71. The van der Waals surface area contributed by atoms with Crippen LogP contribution in [0.25, 0.3) is 0 Å². The van der Waals surface area contributed by atoms with E-state index in [0.717, 1.165) is 38.3 Å². The molecule has 152 valence electrons. The Balaban J connectivity index is 0.00000225. The first-order valence-electron chi connectivity index (χ1n) is 9.07. The number of halogens is 2. The lowest BCUT2D eigenvalue weighted by Gasteiger charge is -2.34. The number of para-hydroxylation sites is 1. The molecule has 4 rings (SSSR count). The van der Waals surface area contributed by atoms with Gasteiger partial charge >= 0.3 is 0 Å². The highest BCUT2D eigenvalue weighted by Gasteiger charge is 2.32. The molecule has 2 aromatic rings. The zero-order valence-electron chi connectivity index (χ0n) is 15.3. The van der Waals surface area contributed by atoms with Crippen LogP contribution in [-0.4, -0.2) is 47.7 Å². The van der Waals surface area contributed by atoms with Crippen LogP contribution in [0.3, 0.4) is 0 Å². The van der Waals surface area contributed by atoms with Crippen LogP contribution in [0, 0.1) is 0 Å². The molecule has 1 saturated heterocycles. The van der Waals surface area contributed by atoms with Gasteiger partial charge in [-0.3, -0.25) is 4.31 Å². The number of benzene rings is 2. The van der Waals surface area contributed by atoms with Crippen LogP contribution in [0.4, 0.5) is 11.4 Å². The van der Waals surface area contributed by atoms with Gasteiger partial charge in [-0.15, -0.1) is 12.4 Å². The zero-order chi connectivity index (χ0) is 18.9. The van der Waals surface area contributed by atoms with Gasteiger partial charge in [-0.2, -0.15) is 0 Å². The number of fused-ring (bicyclic) bond motifs is 1. The van der Waals surface area contributed by atoms with E-state index in [1.165, 1.54) is 10.4 Å². The van der Waals surface area contributed by atoms with Gasteiger partial charge in [0, 0.05) is 24.7 Å². The first kappa shape index (κ1) is 21.0. The fourth-order valence-electron chi connectivity index (χ4n) is 3.55. The number of ether oxygens (including phenoxy) is 1. The molecule has 0 aromatic heterocycles. The van der Waals surface area contributed by atoms with Crippen molar-refractivity contribution in [3.63, 3.8) is 0 Å². The van der Waals surface area contributed by atoms with Crippen LogP contribution in [0.1, 0.15) is 6.42 Å². The number of nitrogens with zero attached hydrogens (tertiary/aromatic N) is 2. The van der Waals surface area contributed by atoms with Crippen molar-refractivity contribution in [1.29, 1.82) is 0 Å². The SMILES string of the molecule is Cl.O=S(=O)(c1cccc(Cl)c1)N1CCOc2c(N3CCCNCC3)cccc21. The van der Waals surface area contributed by atoms with Gasteiger partial charge in [-0.1, -0.05) is 23.7 Å². The summed E-state index contributed by atoms with van der Waals surface area (Å²) in [5.74, 6) is 0.635. The Morgan fingerprint density at radius 3 is 2.61 bits per heavy atom. The minimum atomic E-state index is -3.71. The maximum Gasteiger partial charge on any atom is 0.264 e. The summed E-state index contributed by atoms with van der Waals surface area (Å²) >= 11 is 6.01. The highest BCUT2D eigenvalue weighted by atomic mass is 35.5. The van der Waals surface area contributed by atoms with E-state index in [-0.39, 0.29) is 23.8 Å². The van der Waals surface area contributed by atoms with Gasteiger partial charge in [-0.05, 0) is 43.3 Å². The maximum absolute atomic E-state index is 13.2. The molecule has 0 saturated carbocycles. The van der Waals surface area contributed by atoms with Gasteiger partial charge in [0.25, 0.3) is 10.0 Å². The van der Waals surface area contributed by atoms with Crippen molar-refractivity contribution in [2.45, 2.75) is 11.3 Å². The molecular formula is C19H23Cl2N3O3S. The standard InChI is InChI=1S/C19H22ClN3O3S.ClH/c20-15-4-1-5-16(14-15)27(24,25)23-12-13-26-19-17(6-2-7-18(19)23)22-10-3-8-21-9-11-22;/h1-2,4-7,14,21H,3,8-13H2;1H. The lowest BCUT2D eigenvalue weighted by atomic mass is 10.2. The average Bonchev–Trinajstić information content (AvgIpc) is 2.96. The highest BCUT2D eigenvalue weighted by Crippen LogP contribution is 2.42. The van der Waals surface area contributed by atoms with Crippen LogP contribution >= 0.6 is 24.0 Å². The van der Waals surface area contributed by atoms with Gasteiger partial charge < -0.3 is 15.0 Å². The summed E-state index contributed by atoms with van der Waals surface area (Å²) in [6.45, 7) is 4.24. The molecule has 2 aliphatic rings. The molecule has 0 radical (unpaired) electrons. The fourth-order valence-corrected chi connectivity index (χ4v) is 5.30. The molecule has 6 nitrogen and oxygen atoms in total. The average molecular weight is 444 g/mol. The Hall–Kier alpha value is -1.67. The second-order valence-electron chi connectivity index (χ2n) is 6.60. The van der Waals surface area contributed by atoms with Crippen molar-refractivity contribution >= 4 is 45.4 Å². The number of hydrogen-bond acceptors (Lipinski definition) is 5. The highest BCUT2D eigenvalue weighted by molar-refractivity contribution is 7.92. The first-order valence-corrected chi connectivity index (χ1v) is 10.9. The largest absolute Gasteiger partial charge is 0.487 e. The molecule has 2 heterocycles. The Kier molecular flexibility index (Phi) is 6.60. The minimum absolute atomic E-state index is 0. The number of nitrogens with one attached hydrogen (secondary N) is 1. The molecule has 0 bridgehead atoms. The Bertz CT molecular complexity index is 932. The predicted molar refractivity (Wildman–Crippen MR) is 115 cm³/mol. The summed E-state index contributed by atoms with van der Waals surface area (Å²) in [6.07, 6.45) is 1.04. The summed E-state index contributed by atoms with van der Waals surface area (Å²) in [5.41, 5.74) is 1.53. The maximum atomic E-state index is 13.2. The molecule has 1 fully saturated rings. The quantitative estimate of drug-likeness (QED) is 0.788. The van der Waals surface area contributed by atoms with E-state index < -0.39 is 10.0 Å². The van der Waals surface area contributed by atoms with E-state index in [9.17, 15) is 8.42 Å². The van der Waals surface area contributed by atoms with Crippen LogP contribution in [0.15, 0.2) is 47.4 Å². The third-order valence-electron chi connectivity index (χ3n) is 4.85. The van der Waals surface area contributed by atoms with Gasteiger partial charge in [0.05, 0.1) is 22.8 Å². The van der Waals surface area contributed by atoms with Crippen molar-refractivity contribution in [2.24, 2.45) is 0 Å². The molecule has 1 N–H and O–H groups in total. The third kappa shape index (κ3) is 4.03. The summed E-state index contributed by atoms with van der Waals surface area (Å²) in [4.78, 5) is 2.45. The molecular weight excluding hydrogens is 421 g/mol. The molecule has 0 unspecified atom stereocenters. The van der Waals surface area contributed by atoms with Crippen LogP contribution in [-0.2, 0) is 10.0 Å². The molecule has 0 aliphatic carbocycles. The minimum Gasteiger partial charge on any atom is -0.487 e. The van der Waals surface area contributed by atoms with Gasteiger partial charge in [0.2, 0.25) is 0 Å². The van der Waals surface area contributed by atoms with E-state index in [1.54, 1.807) is 24.3 Å². The lowest BCUT2D eigenvalue weighted by molar-refractivity contribution is 0.316. The van der Waals surface area contributed by atoms with Gasteiger partial charge in [0.15, 0.2) is 5.75 Å². The van der Waals surface area contributed by atoms with E-state index in [2.05, 4.69) is 10.2 Å². The lowest BCUT2D eigenvalue weighted by Crippen LogP contribution is -2.38. The van der Waals surface area contributed by atoms with E-state index in [0.29, 0.717) is 23.1 Å². The molecule has 0 atom stereocenters. The summed E-state index contributed by atoms with van der Waals surface area (Å²) < 4.78 is 33.8. The van der Waals surface area contributed by atoms with Crippen LogP contribution < -0.4 is 19.3 Å². The van der Waals surface area contributed by atoms with Crippen molar-refractivity contribution < 1.29 is 13.2 Å². The van der Waals surface area contributed by atoms with Crippen molar-refractivity contribution in [3.05, 3.63) is 47.5 Å². The second-order valence-corrected chi connectivity index (χ2v) is 8.90. The molecule has 0 spiro atoms. The Morgan fingerprint density at radius 2 is 1.79 bits per heavy atom. The number of hydrogen-bond donors (Lipinski definition) is 1. The van der Waals surface area contributed by atoms with E-state index in [1.807, 2.05) is 12.1 Å². The Morgan fingerprint density at radius 1 is 1.00 bits per heavy atom. The van der Waals surface area contributed by atoms with Crippen LogP contribution in [0.5, 0.6) is 5.75 Å². The second kappa shape index (κ2) is 8.78. The fraction of sp³-hybridized carbons (Fsp3) is 0.368. The molecule has 28 heavy (non-hydrogen) atoms. The molecule has 2 aromatic carbocycles. The van der Waals surface area contributed by atoms with Gasteiger partial charge in [0.1, 0.15) is 6.61 Å². The summed E-state index contributed by atoms with van der Waals surface area (Å²) in [6, 6.07) is 12.1. The number of anilines is 2. The van der Waals surface area contributed by atoms with E-state index in [4.69, 9.17) is 16.3 Å². The monoisotopic (exact) mass is 443 g/mol. The topological polar surface area (TPSA) is 61.9 Å². The molecule has 9 heteroatoms. The van der Waals surface area contributed by atoms with Crippen LogP contribution in [0.2, 0.25) is 5.02 Å². The van der Waals surface area contributed by atoms with Crippen molar-refractivity contribution in [2.75, 3.05) is 48.5 Å². The number of sulfonamides is 1. The zero-order valence-corrected chi connectivity index (χ0v) is 17.7. The smallest absolute Gasteiger partial charge is 0.264 e. The molecule has 2 aliphatic heterocycles. The Labute approximate surface area is 176 Å². The number of rotatable bonds is 3. The van der Waals surface area contributed by atoms with Crippen molar-refractivity contribution in [1.82, 2.24) is 5.32 Å². The van der Waals surface area contributed by atoms with Gasteiger partial charge in [-0.25, -0.2) is 8.42 Å². The third-order valence-corrected chi connectivity index (χ3v) is 6.89. The normalized spacial score (nSPS) is 17.2. The van der Waals surface area contributed by atoms with E-state index >= 15 is 0 Å². The van der Waals surface area contributed by atoms with Crippen molar-refractivity contribution in [3.8, 4) is 5.75 Å². The predicted octanol–water partition coefficient (Wildman–Crippen LogP) is 3.15. The molecule has 0 amide bonds. The first-order chi connectivity index (χ1) is 13.1. The summed E-state index contributed by atoms with van der Waals surface area (Å²) in [5, 5.41) is 3.78.